The van der Waals surface area contributed by atoms with Gasteiger partial charge in [0, 0.05) is 11.2 Å². The number of fused-ring (bicyclic) bond motifs is 1. The molecule has 1 aromatic carbocycles. The molecule has 0 saturated heterocycles. The normalized spacial score (nSPS) is 17.0. The minimum absolute atomic E-state index is 0.329. The predicted octanol–water partition coefficient (Wildman–Crippen LogP) is 5.21. The van der Waals surface area contributed by atoms with Crippen LogP contribution in [0, 0.1) is 0 Å². The Morgan fingerprint density at radius 2 is 2.08 bits per heavy atom. The summed E-state index contributed by atoms with van der Waals surface area (Å²) in [5, 5.41) is 10.4. The van der Waals surface area contributed by atoms with E-state index in [1.807, 2.05) is 23.9 Å². The fourth-order valence-corrected chi connectivity index (χ4v) is 4.75. The molecule has 0 spiro atoms. The Morgan fingerprint density at radius 3 is 2.88 bits per heavy atom. The Balaban J connectivity index is 1.65. The fourth-order valence-electron chi connectivity index (χ4n) is 3.48. The summed E-state index contributed by atoms with van der Waals surface area (Å²) in [5.41, 5.74) is 2.94. The van der Waals surface area contributed by atoms with Crippen molar-refractivity contribution in [3.8, 4) is 0 Å². The highest BCUT2D eigenvalue weighted by molar-refractivity contribution is 7.99. The zero-order valence-electron chi connectivity index (χ0n) is 14.7. The molecule has 2 aromatic heterocycles. The van der Waals surface area contributed by atoms with Crippen LogP contribution in [0.15, 0.2) is 52.2 Å². The molecule has 1 aliphatic carbocycles. The zero-order valence-corrected chi connectivity index (χ0v) is 15.5. The monoisotopic (exact) mass is 353 g/mol. The van der Waals surface area contributed by atoms with Gasteiger partial charge in [-0.15, -0.1) is 10.2 Å². The van der Waals surface area contributed by atoms with Crippen molar-refractivity contribution in [3.05, 3.63) is 65.4 Å². The Labute approximate surface area is 152 Å². The second-order valence-corrected chi connectivity index (χ2v) is 8.03. The van der Waals surface area contributed by atoms with Crippen molar-refractivity contribution in [1.29, 1.82) is 0 Å². The molecule has 0 aliphatic heterocycles. The molecule has 4 rings (SSSR count). The van der Waals surface area contributed by atoms with Crippen LogP contribution < -0.4 is 0 Å². The molecule has 3 aromatic rings. The molecule has 130 valence electrons. The van der Waals surface area contributed by atoms with Crippen LogP contribution >= 0.6 is 11.8 Å². The van der Waals surface area contributed by atoms with E-state index in [0.29, 0.717) is 17.7 Å². The molecule has 0 fully saturated rings. The molecular weight excluding hydrogens is 330 g/mol. The van der Waals surface area contributed by atoms with Crippen molar-refractivity contribution in [2.24, 2.45) is 0 Å². The average molecular weight is 353 g/mol. The van der Waals surface area contributed by atoms with Crippen LogP contribution in [-0.4, -0.2) is 14.8 Å². The van der Waals surface area contributed by atoms with E-state index in [2.05, 4.69) is 52.9 Å². The van der Waals surface area contributed by atoms with Crippen molar-refractivity contribution >= 4 is 11.8 Å². The maximum atomic E-state index is 5.56. The Bertz CT molecular complexity index is 839. The molecule has 0 radical (unpaired) electrons. The van der Waals surface area contributed by atoms with Crippen LogP contribution in [0.3, 0.4) is 0 Å². The summed E-state index contributed by atoms with van der Waals surface area (Å²) in [7, 11) is 0. The van der Waals surface area contributed by atoms with Crippen molar-refractivity contribution in [1.82, 2.24) is 14.8 Å². The molecule has 0 N–H and O–H groups in total. The fraction of sp³-hybridized carbons (Fsp3) is 0.400. The van der Waals surface area contributed by atoms with E-state index in [1.165, 1.54) is 30.4 Å². The van der Waals surface area contributed by atoms with Gasteiger partial charge in [-0.2, -0.15) is 0 Å². The lowest BCUT2D eigenvalue weighted by molar-refractivity contribution is 0.475. The third-order valence-corrected chi connectivity index (χ3v) is 6.00. The summed E-state index contributed by atoms with van der Waals surface area (Å²) in [6, 6.07) is 12.7. The van der Waals surface area contributed by atoms with Crippen molar-refractivity contribution in [3.63, 3.8) is 0 Å². The maximum absolute atomic E-state index is 5.56. The number of furan rings is 1. The van der Waals surface area contributed by atoms with Gasteiger partial charge >= 0.3 is 0 Å². The Hall–Kier alpha value is -2.01. The van der Waals surface area contributed by atoms with Crippen LogP contribution in [0.25, 0.3) is 0 Å². The van der Waals surface area contributed by atoms with Crippen molar-refractivity contribution in [2.45, 2.75) is 56.0 Å². The summed E-state index contributed by atoms with van der Waals surface area (Å²) < 4.78 is 7.77. The lowest BCUT2D eigenvalue weighted by Crippen LogP contribution is -2.10. The summed E-state index contributed by atoms with van der Waals surface area (Å²) >= 11 is 1.84. The molecule has 4 nitrogen and oxygen atoms in total. The number of benzene rings is 1. The van der Waals surface area contributed by atoms with Gasteiger partial charge < -0.3 is 4.42 Å². The van der Waals surface area contributed by atoms with E-state index in [0.717, 1.165) is 16.7 Å². The van der Waals surface area contributed by atoms with Gasteiger partial charge in [-0.3, -0.25) is 4.57 Å². The molecule has 0 saturated carbocycles. The van der Waals surface area contributed by atoms with Gasteiger partial charge in [0.05, 0.1) is 12.8 Å². The van der Waals surface area contributed by atoms with Gasteiger partial charge in [0.1, 0.15) is 11.6 Å². The number of aryl methyl sites for hydroxylation is 1. The van der Waals surface area contributed by atoms with E-state index < -0.39 is 0 Å². The number of aromatic nitrogens is 3. The molecule has 0 unspecified atom stereocenters. The molecular formula is C20H23N3OS. The average Bonchev–Trinajstić information content (AvgIpc) is 3.26. The Kier molecular flexibility index (Phi) is 4.66. The lowest BCUT2D eigenvalue weighted by atomic mass is 9.91. The molecule has 0 amide bonds. The van der Waals surface area contributed by atoms with Crippen LogP contribution in [0.5, 0.6) is 0 Å². The minimum Gasteiger partial charge on any atom is -0.467 e. The SMILES string of the molecule is CC(C)c1nnc(S[C@H]2CCCc3ccccc32)n1Cc1ccco1. The first-order valence-corrected chi connectivity index (χ1v) is 9.80. The third kappa shape index (κ3) is 3.38. The number of rotatable bonds is 5. The van der Waals surface area contributed by atoms with E-state index in [1.54, 1.807) is 6.26 Å². The standard InChI is InChI=1S/C20H23N3OS/c1-14(2)19-21-22-20(23(19)13-16-9-6-12-24-16)25-18-11-5-8-15-7-3-4-10-17(15)18/h3-4,6-7,9-10,12,14,18H,5,8,11,13H2,1-2H3/t18-/m0/s1. The summed E-state index contributed by atoms with van der Waals surface area (Å²) in [6.45, 7) is 5.00. The summed E-state index contributed by atoms with van der Waals surface area (Å²) in [5.74, 6) is 2.28. The van der Waals surface area contributed by atoms with Gasteiger partial charge in [0.15, 0.2) is 5.16 Å². The highest BCUT2D eigenvalue weighted by Gasteiger charge is 2.25. The molecule has 5 heteroatoms. The third-order valence-electron chi connectivity index (χ3n) is 4.72. The van der Waals surface area contributed by atoms with E-state index >= 15 is 0 Å². The van der Waals surface area contributed by atoms with Gasteiger partial charge in [-0.25, -0.2) is 0 Å². The number of hydrogen-bond donors (Lipinski definition) is 0. The molecule has 25 heavy (non-hydrogen) atoms. The van der Waals surface area contributed by atoms with E-state index in [4.69, 9.17) is 4.42 Å². The Morgan fingerprint density at radius 1 is 1.20 bits per heavy atom. The smallest absolute Gasteiger partial charge is 0.192 e. The number of thioether (sulfide) groups is 1. The first-order chi connectivity index (χ1) is 12.2. The van der Waals surface area contributed by atoms with Gasteiger partial charge in [-0.05, 0) is 42.5 Å². The maximum Gasteiger partial charge on any atom is 0.192 e. The highest BCUT2D eigenvalue weighted by Crippen LogP contribution is 2.43. The van der Waals surface area contributed by atoms with Crippen LogP contribution in [0.2, 0.25) is 0 Å². The van der Waals surface area contributed by atoms with Crippen molar-refractivity contribution < 1.29 is 4.42 Å². The summed E-state index contributed by atoms with van der Waals surface area (Å²) in [4.78, 5) is 0. The first kappa shape index (κ1) is 16.5. The lowest BCUT2D eigenvalue weighted by Gasteiger charge is -2.24. The number of hydrogen-bond acceptors (Lipinski definition) is 4. The largest absolute Gasteiger partial charge is 0.467 e. The van der Waals surface area contributed by atoms with Gasteiger partial charge in [0.25, 0.3) is 0 Å². The first-order valence-electron chi connectivity index (χ1n) is 8.92. The van der Waals surface area contributed by atoms with Crippen LogP contribution in [-0.2, 0) is 13.0 Å². The highest BCUT2D eigenvalue weighted by atomic mass is 32.2. The van der Waals surface area contributed by atoms with Crippen molar-refractivity contribution in [2.75, 3.05) is 0 Å². The number of nitrogens with zero attached hydrogens (tertiary/aromatic N) is 3. The predicted molar refractivity (Wildman–Crippen MR) is 99.9 cm³/mol. The molecule has 2 heterocycles. The van der Waals surface area contributed by atoms with Crippen LogP contribution in [0.4, 0.5) is 0 Å². The quantitative estimate of drug-likeness (QED) is 0.631. The summed E-state index contributed by atoms with van der Waals surface area (Å²) in [6.07, 6.45) is 5.33. The van der Waals surface area contributed by atoms with E-state index in [9.17, 15) is 0 Å². The molecule has 0 bridgehead atoms. The van der Waals surface area contributed by atoms with E-state index in [-0.39, 0.29) is 0 Å². The van der Waals surface area contributed by atoms with Gasteiger partial charge in [-0.1, -0.05) is 49.9 Å². The van der Waals surface area contributed by atoms with Crippen LogP contribution in [0.1, 0.15) is 60.6 Å². The zero-order chi connectivity index (χ0) is 17.2. The molecule has 1 atom stereocenters. The second-order valence-electron chi connectivity index (χ2n) is 6.86. The topological polar surface area (TPSA) is 43.9 Å². The van der Waals surface area contributed by atoms with Gasteiger partial charge in [0.2, 0.25) is 0 Å². The molecule has 1 aliphatic rings. The second kappa shape index (κ2) is 7.08. The minimum atomic E-state index is 0.329.